The monoisotopic (exact) mass is 442 g/mol. The maximum Gasteiger partial charge on any atom is 0.349 e. The molecule has 0 aromatic heterocycles. The van der Waals surface area contributed by atoms with Gasteiger partial charge in [-0.05, 0) is 19.1 Å². The summed E-state index contributed by atoms with van der Waals surface area (Å²) in [5.74, 6) is -0.0476. The van der Waals surface area contributed by atoms with E-state index in [1.54, 1.807) is 24.3 Å². The van der Waals surface area contributed by atoms with Crippen LogP contribution in [0.1, 0.15) is 6.92 Å². The number of para-hydroxylation sites is 2. The molecule has 0 N–H and O–H groups in total. The van der Waals surface area contributed by atoms with Gasteiger partial charge in [-0.3, -0.25) is 0 Å². The second-order valence-corrected chi connectivity index (χ2v) is 6.43. The van der Waals surface area contributed by atoms with Crippen LogP contribution in [-0.4, -0.2) is 19.2 Å². The Hall–Kier alpha value is -1.04. The van der Waals surface area contributed by atoms with Crippen molar-refractivity contribution in [2.24, 2.45) is 0 Å². The summed E-state index contributed by atoms with van der Waals surface area (Å²) in [6, 6.07) is 6.74. The number of hydrogen-bond acceptors (Lipinski definition) is 4. The average molecular weight is 445 g/mol. The van der Waals surface area contributed by atoms with Gasteiger partial charge in [-0.15, -0.1) is 0 Å². The van der Waals surface area contributed by atoms with Crippen molar-refractivity contribution < 1.29 is 19.0 Å². The standard InChI is InChI=1S/C16H11Cl5O4/c1-2-23-8-5-3-4-6-9(8)25-10(22)7-24-16-14(20)12(18)11(17)13(19)15(16)21/h3-6H,2,7H2,1H3. The van der Waals surface area contributed by atoms with E-state index in [4.69, 9.17) is 72.2 Å². The van der Waals surface area contributed by atoms with Crippen molar-refractivity contribution in [2.75, 3.05) is 13.2 Å². The largest absolute Gasteiger partial charge is 0.490 e. The Morgan fingerprint density at radius 2 is 1.36 bits per heavy atom. The molecule has 0 saturated heterocycles. The molecule has 0 atom stereocenters. The number of carbonyl (C=O) groups excluding carboxylic acids is 1. The van der Waals surface area contributed by atoms with E-state index in [1.165, 1.54) is 0 Å². The fourth-order valence-corrected chi connectivity index (χ4v) is 3.03. The first-order valence-corrected chi connectivity index (χ1v) is 8.82. The Morgan fingerprint density at radius 3 is 1.92 bits per heavy atom. The average Bonchev–Trinajstić information content (AvgIpc) is 2.60. The summed E-state index contributed by atoms with van der Waals surface area (Å²) >= 11 is 29.8. The number of rotatable bonds is 6. The fraction of sp³-hybridized carbons (Fsp3) is 0.188. The highest BCUT2D eigenvalue weighted by atomic mass is 35.5. The van der Waals surface area contributed by atoms with E-state index in [-0.39, 0.29) is 36.6 Å². The van der Waals surface area contributed by atoms with E-state index in [2.05, 4.69) is 0 Å². The Morgan fingerprint density at radius 1 is 0.840 bits per heavy atom. The minimum atomic E-state index is -0.693. The number of halogens is 5. The zero-order valence-corrected chi connectivity index (χ0v) is 16.5. The van der Waals surface area contributed by atoms with Crippen LogP contribution in [0.2, 0.25) is 25.1 Å². The molecular formula is C16H11Cl5O4. The Balaban J connectivity index is 2.11. The first-order chi connectivity index (χ1) is 11.9. The molecule has 0 heterocycles. The van der Waals surface area contributed by atoms with Gasteiger partial charge in [0.25, 0.3) is 0 Å². The third-order valence-electron chi connectivity index (χ3n) is 2.88. The lowest BCUT2D eigenvalue weighted by Gasteiger charge is -2.14. The van der Waals surface area contributed by atoms with E-state index in [9.17, 15) is 4.79 Å². The van der Waals surface area contributed by atoms with Crippen molar-refractivity contribution >= 4 is 64.0 Å². The van der Waals surface area contributed by atoms with Crippen molar-refractivity contribution in [3.05, 3.63) is 49.4 Å². The van der Waals surface area contributed by atoms with Gasteiger partial charge >= 0.3 is 5.97 Å². The minimum absolute atomic E-state index is 0.00102. The van der Waals surface area contributed by atoms with Gasteiger partial charge in [-0.1, -0.05) is 70.1 Å². The second kappa shape index (κ2) is 9.06. The van der Waals surface area contributed by atoms with Gasteiger partial charge < -0.3 is 14.2 Å². The van der Waals surface area contributed by atoms with Crippen LogP contribution < -0.4 is 14.2 Å². The fourth-order valence-electron chi connectivity index (χ4n) is 1.80. The Labute approximate surface area is 169 Å². The second-order valence-electron chi connectivity index (χ2n) is 4.54. The summed E-state index contributed by atoms with van der Waals surface area (Å²) in [5, 5.41) is -0.156. The van der Waals surface area contributed by atoms with Crippen molar-refractivity contribution in [2.45, 2.75) is 6.92 Å². The summed E-state index contributed by atoms with van der Waals surface area (Å²) in [6.45, 7) is 1.77. The zero-order valence-electron chi connectivity index (χ0n) is 12.7. The number of hydrogen-bond donors (Lipinski definition) is 0. The quantitative estimate of drug-likeness (QED) is 0.226. The normalized spacial score (nSPS) is 10.5. The molecule has 4 nitrogen and oxygen atoms in total. The van der Waals surface area contributed by atoms with Crippen LogP contribution in [0.4, 0.5) is 0 Å². The molecular weight excluding hydrogens is 433 g/mol. The highest BCUT2D eigenvalue weighted by molar-refractivity contribution is 6.55. The van der Waals surface area contributed by atoms with Crippen LogP contribution in [0.5, 0.6) is 17.2 Å². The van der Waals surface area contributed by atoms with Gasteiger partial charge in [0.2, 0.25) is 0 Å². The molecule has 0 amide bonds. The molecule has 0 aliphatic carbocycles. The van der Waals surface area contributed by atoms with Gasteiger partial charge in [-0.2, -0.15) is 0 Å². The first-order valence-electron chi connectivity index (χ1n) is 6.93. The maximum absolute atomic E-state index is 12.0. The van der Waals surface area contributed by atoms with Gasteiger partial charge in [-0.25, -0.2) is 4.79 Å². The van der Waals surface area contributed by atoms with Crippen LogP contribution in [0.3, 0.4) is 0 Å². The molecule has 2 aromatic rings. The predicted octanol–water partition coefficient (Wildman–Crippen LogP) is 6.34. The molecule has 0 bridgehead atoms. The Bertz CT molecular complexity index is 765. The van der Waals surface area contributed by atoms with E-state index in [0.717, 1.165) is 0 Å². The van der Waals surface area contributed by atoms with Crippen LogP contribution in [0.15, 0.2) is 24.3 Å². The van der Waals surface area contributed by atoms with Crippen LogP contribution in [0.25, 0.3) is 0 Å². The van der Waals surface area contributed by atoms with Crippen LogP contribution >= 0.6 is 58.0 Å². The minimum Gasteiger partial charge on any atom is -0.490 e. The molecule has 2 rings (SSSR count). The smallest absolute Gasteiger partial charge is 0.349 e. The lowest BCUT2D eigenvalue weighted by atomic mass is 10.3. The van der Waals surface area contributed by atoms with Crippen molar-refractivity contribution in [3.8, 4) is 17.2 Å². The zero-order chi connectivity index (χ0) is 18.6. The highest BCUT2D eigenvalue weighted by Gasteiger charge is 2.21. The third-order valence-corrected chi connectivity index (χ3v) is 5.12. The first kappa shape index (κ1) is 20.3. The number of esters is 1. The van der Waals surface area contributed by atoms with Crippen LogP contribution in [0, 0.1) is 0 Å². The van der Waals surface area contributed by atoms with E-state index < -0.39 is 12.6 Å². The topological polar surface area (TPSA) is 44.8 Å². The molecule has 0 fully saturated rings. The summed E-state index contributed by atoms with van der Waals surface area (Å²) < 4.78 is 15.9. The predicted molar refractivity (Wildman–Crippen MR) is 100 cm³/mol. The SMILES string of the molecule is CCOc1ccccc1OC(=O)COc1c(Cl)c(Cl)c(Cl)c(Cl)c1Cl. The molecule has 0 radical (unpaired) electrons. The van der Waals surface area contributed by atoms with Crippen molar-refractivity contribution in [1.29, 1.82) is 0 Å². The van der Waals surface area contributed by atoms with Crippen LogP contribution in [-0.2, 0) is 4.79 Å². The molecule has 0 aliphatic rings. The molecule has 25 heavy (non-hydrogen) atoms. The molecule has 0 unspecified atom stereocenters. The van der Waals surface area contributed by atoms with Crippen molar-refractivity contribution in [3.63, 3.8) is 0 Å². The van der Waals surface area contributed by atoms with E-state index >= 15 is 0 Å². The summed E-state index contributed by atoms with van der Waals surface area (Å²) in [5.41, 5.74) is 0. The number of carbonyl (C=O) groups is 1. The van der Waals surface area contributed by atoms with Crippen molar-refractivity contribution in [1.82, 2.24) is 0 Å². The third kappa shape index (κ3) is 4.78. The maximum atomic E-state index is 12.0. The molecule has 0 saturated carbocycles. The lowest BCUT2D eigenvalue weighted by Crippen LogP contribution is -2.18. The summed E-state index contributed by atoms with van der Waals surface area (Å²) in [7, 11) is 0. The summed E-state index contributed by atoms with van der Waals surface area (Å²) in [4.78, 5) is 12.0. The van der Waals surface area contributed by atoms with E-state index in [0.29, 0.717) is 12.4 Å². The number of ether oxygens (including phenoxy) is 3. The summed E-state index contributed by atoms with van der Waals surface area (Å²) in [6.07, 6.45) is 0. The molecule has 2 aromatic carbocycles. The van der Waals surface area contributed by atoms with Gasteiger partial charge in [0.1, 0.15) is 10.0 Å². The number of benzene rings is 2. The lowest BCUT2D eigenvalue weighted by molar-refractivity contribution is -0.136. The molecule has 0 spiro atoms. The Kier molecular flexibility index (Phi) is 7.35. The molecule has 0 aliphatic heterocycles. The van der Waals surface area contributed by atoms with E-state index in [1.807, 2.05) is 6.92 Å². The van der Waals surface area contributed by atoms with Gasteiger partial charge in [0.05, 0.1) is 21.7 Å². The van der Waals surface area contributed by atoms with Gasteiger partial charge in [0, 0.05) is 0 Å². The molecule has 9 heteroatoms. The highest BCUT2D eigenvalue weighted by Crippen LogP contribution is 2.48. The van der Waals surface area contributed by atoms with Gasteiger partial charge in [0.15, 0.2) is 23.9 Å². The molecule has 134 valence electrons.